The zero-order valence-electron chi connectivity index (χ0n) is 26.5. The fourth-order valence-electron chi connectivity index (χ4n) is 14.1. The summed E-state index contributed by atoms with van der Waals surface area (Å²) >= 11 is 0. The fraction of sp³-hybridized carbons (Fsp3) is 0.842. The van der Waals surface area contributed by atoms with Crippen LogP contribution in [0.1, 0.15) is 118 Å². The predicted molar refractivity (Wildman–Crippen MR) is 163 cm³/mol. The first kappa shape index (κ1) is 28.2. The molecule has 0 heterocycles. The molecule has 4 unspecified atom stereocenters. The Labute approximate surface area is 253 Å². The fourth-order valence-corrected chi connectivity index (χ4v) is 14.1. The van der Waals surface area contributed by atoms with Crippen LogP contribution in [-0.2, 0) is 9.59 Å². The van der Waals surface area contributed by atoms with Crippen LogP contribution in [0.3, 0.4) is 0 Å². The van der Waals surface area contributed by atoms with E-state index in [-0.39, 0.29) is 39.5 Å². The number of rotatable bonds is 1. The maximum absolute atomic E-state index is 13.5. The Bertz CT molecular complexity index is 1260. The molecular weight excluding hydrogens is 520 g/mol. The van der Waals surface area contributed by atoms with E-state index in [4.69, 9.17) is 0 Å². The number of carbonyl (C=O) groups excluding carboxylic acids is 2. The third kappa shape index (κ3) is 3.44. The molecule has 8 rings (SSSR count). The highest BCUT2D eigenvalue weighted by atomic mass is 16.3. The number of aliphatic hydroxyl groups excluding tert-OH is 2. The van der Waals surface area contributed by atoms with Crippen LogP contribution < -0.4 is 0 Å². The van der Waals surface area contributed by atoms with Gasteiger partial charge in [0, 0.05) is 24.2 Å². The van der Waals surface area contributed by atoms with E-state index in [1.54, 1.807) is 0 Å². The molecule has 14 atom stereocenters. The monoisotopic (exact) mass is 574 g/mol. The number of carbonyl (C=O) groups is 2. The van der Waals surface area contributed by atoms with Crippen molar-refractivity contribution in [3.05, 3.63) is 23.3 Å². The third-order valence-electron chi connectivity index (χ3n) is 16.5. The minimum Gasteiger partial charge on any atom is -0.393 e. The van der Waals surface area contributed by atoms with Crippen molar-refractivity contribution in [3.63, 3.8) is 0 Å². The lowest BCUT2D eigenvalue weighted by atomic mass is 9.41. The maximum atomic E-state index is 13.5. The van der Waals surface area contributed by atoms with Crippen LogP contribution in [0.5, 0.6) is 0 Å². The first-order valence-corrected chi connectivity index (χ1v) is 17.8. The van der Waals surface area contributed by atoms with Gasteiger partial charge < -0.3 is 10.2 Å². The summed E-state index contributed by atoms with van der Waals surface area (Å²) in [6, 6.07) is 0. The van der Waals surface area contributed by atoms with Gasteiger partial charge in [0.1, 0.15) is 5.78 Å². The summed E-state index contributed by atoms with van der Waals surface area (Å²) in [5.41, 5.74) is 2.59. The molecule has 0 aromatic carbocycles. The van der Waals surface area contributed by atoms with Crippen LogP contribution in [-0.4, -0.2) is 34.0 Å². The summed E-state index contributed by atoms with van der Waals surface area (Å²) in [7, 11) is 0. The zero-order valence-corrected chi connectivity index (χ0v) is 26.5. The van der Waals surface area contributed by atoms with Gasteiger partial charge in [0.2, 0.25) is 0 Å². The van der Waals surface area contributed by atoms with E-state index in [1.165, 1.54) is 17.6 Å². The summed E-state index contributed by atoms with van der Waals surface area (Å²) in [5, 5.41) is 22.9. The molecule has 8 aliphatic carbocycles. The van der Waals surface area contributed by atoms with Gasteiger partial charge in [-0.1, -0.05) is 44.9 Å². The molecule has 4 nitrogen and oxygen atoms in total. The van der Waals surface area contributed by atoms with E-state index in [1.807, 2.05) is 6.08 Å². The SMILES string of the molecule is C[C@]12CCC(O)C(C3=CC(=O)CC4CC[C@@H]5[C@@H](CC[C@]6(C)C(=O)CC[C@@H]56)[C@@]34C)C1=CC[C@@H]1[C@H]2CC[C@]2(C)C(O)CC[C@@H]12. The molecule has 0 aliphatic heterocycles. The minimum absolute atomic E-state index is 0.0476. The second kappa shape index (κ2) is 9.15. The first-order valence-electron chi connectivity index (χ1n) is 17.8. The lowest BCUT2D eigenvalue weighted by Gasteiger charge is -2.63. The molecule has 0 amide bonds. The molecule has 230 valence electrons. The average molecular weight is 575 g/mol. The van der Waals surface area contributed by atoms with Gasteiger partial charge in [-0.25, -0.2) is 0 Å². The molecule has 0 aromatic rings. The van der Waals surface area contributed by atoms with E-state index in [0.717, 1.165) is 77.0 Å². The number of aliphatic hydroxyl groups is 2. The Morgan fingerprint density at radius 2 is 1.45 bits per heavy atom. The summed E-state index contributed by atoms with van der Waals surface area (Å²) in [6.45, 7) is 9.61. The van der Waals surface area contributed by atoms with Gasteiger partial charge in [-0.3, -0.25) is 9.59 Å². The molecule has 4 heteroatoms. The highest BCUT2D eigenvalue weighted by Crippen LogP contribution is 2.70. The summed E-state index contributed by atoms with van der Waals surface area (Å²) in [6.07, 6.45) is 18.0. The van der Waals surface area contributed by atoms with Gasteiger partial charge in [0.05, 0.1) is 12.2 Å². The molecule has 6 saturated carbocycles. The Morgan fingerprint density at radius 1 is 0.714 bits per heavy atom. The van der Waals surface area contributed by atoms with Crippen LogP contribution >= 0.6 is 0 Å². The zero-order chi connectivity index (χ0) is 29.4. The molecule has 42 heavy (non-hydrogen) atoms. The molecule has 6 fully saturated rings. The molecular formula is C38H54O4. The van der Waals surface area contributed by atoms with Crippen molar-refractivity contribution in [2.75, 3.05) is 0 Å². The highest BCUT2D eigenvalue weighted by molar-refractivity contribution is 5.92. The predicted octanol–water partition coefficient (Wildman–Crippen LogP) is 7.22. The molecule has 2 N–H and O–H groups in total. The second-order valence-corrected chi connectivity index (χ2v) is 17.5. The standard InChI is InChI=1S/C38H54O4/c1-35-18-15-31(40)34(29(35)8-7-23-25-9-11-32(41)36(25,2)16-13-27(23)35)30-20-22(39)19-21-5-6-24-26-10-12-33(42)37(26,3)17-14-28(24)38(21,30)4/h8,20-21,23-28,31-32,34,40-41H,5-7,9-19H2,1-4H3/t21?,23-,24-,25-,26-,27+,28+,31?,32?,34?,35+,36-,37-,38-/m0/s1. The van der Waals surface area contributed by atoms with Gasteiger partial charge in [-0.2, -0.15) is 0 Å². The Balaban J connectivity index is 1.19. The van der Waals surface area contributed by atoms with Crippen molar-refractivity contribution < 1.29 is 19.8 Å². The largest absolute Gasteiger partial charge is 0.393 e. The minimum atomic E-state index is -0.431. The average Bonchev–Trinajstić information content (AvgIpc) is 3.43. The second-order valence-electron chi connectivity index (χ2n) is 17.5. The number of ketones is 2. The molecule has 0 saturated heterocycles. The number of hydrogen-bond donors (Lipinski definition) is 2. The topological polar surface area (TPSA) is 74.6 Å². The van der Waals surface area contributed by atoms with Gasteiger partial charge in [-0.15, -0.1) is 0 Å². The molecule has 0 spiro atoms. The van der Waals surface area contributed by atoms with Gasteiger partial charge in [-0.05, 0) is 141 Å². The van der Waals surface area contributed by atoms with Crippen LogP contribution in [0.4, 0.5) is 0 Å². The van der Waals surface area contributed by atoms with Crippen LogP contribution in [0.15, 0.2) is 23.3 Å². The van der Waals surface area contributed by atoms with Crippen molar-refractivity contribution in [3.8, 4) is 0 Å². The quantitative estimate of drug-likeness (QED) is 0.324. The number of fused-ring (bicyclic) bond motifs is 10. The summed E-state index contributed by atoms with van der Waals surface area (Å²) < 4.78 is 0. The molecule has 0 bridgehead atoms. The van der Waals surface area contributed by atoms with Gasteiger partial charge >= 0.3 is 0 Å². The van der Waals surface area contributed by atoms with Crippen molar-refractivity contribution >= 4 is 11.6 Å². The summed E-state index contributed by atoms with van der Waals surface area (Å²) in [5.74, 6) is 4.38. The number of Topliss-reactive ketones (excluding diaryl/α,β-unsaturated/α-hetero) is 1. The van der Waals surface area contributed by atoms with Crippen LogP contribution in [0, 0.1) is 69.0 Å². The first-order chi connectivity index (χ1) is 19.9. The van der Waals surface area contributed by atoms with E-state index >= 15 is 0 Å². The lowest BCUT2D eigenvalue weighted by molar-refractivity contribution is -0.137. The molecule has 0 radical (unpaired) electrons. The van der Waals surface area contributed by atoms with Crippen molar-refractivity contribution in [1.29, 1.82) is 0 Å². The van der Waals surface area contributed by atoms with E-state index in [0.29, 0.717) is 53.6 Å². The highest BCUT2D eigenvalue weighted by Gasteiger charge is 2.64. The Kier molecular flexibility index (Phi) is 6.15. The molecule has 8 aliphatic rings. The third-order valence-corrected chi connectivity index (χ3v) is 16.5. The van der Waals surface area contributed by atoms with Crippen molar-refractivity contribution in [2.45, 2.75) is 130 Å². The molecule has 0 aromatic heterocycles. The Morgan fingerprint density at radius 3 is 2.26 bits per heavy atom. The number of allylic oxidation sites excluding steroid dienone is 2. The van der Waals surface area contributed by atoms with E-state index in [9.17, 15) is 19.8 Å². The van der Waals surface area contributed by atoms with E-state index in [2.05, 4.69) is 33.8 Å². The van der Waals surface area contributed by atoms with Gasteiger partial charge in [0.25, 0.3) is 0 Å². The normalized spacial score (nSPS) is 56.7. The van der Waals surface area contributed by atoms with Crippen LogP contribution in [0.2, 0.25) is 0 Å². The van der Waals surface area contributed by atoms with Crippen molar-refractivity contribution in [1.82, 2.24) is 0 Å². The number of hydrogen-bond acceptors (Lipinski definition) is 4. The lowest BCUT2D eigenvalue weighted by Crippen LogP contribution is -2.57. The smallest absolute Gasteiger partial charge is 0.155 e. The summed E-state index contributed by atoms with van der Waals surface area (Å²) in [4.78, 5) is 26.5. The van der Waals surface area contributed by atoms with Crippen LogP contribution in [0.25, 0.3) is 0 Å². The van der Waals surface area contributed by atoms with Gasteiger partial charge in [0.15, 0.2) is 5.78 Å². The Hall–Kier alpha value is -1.26. The maximum Gasteiger partial charge on any atom is 0.155 e. The van der Waals surface area contributed by atoms with Crippen molar-refractivity contribution in [2.24, 2.45) is 69.0 Å². The van der Waals surface area contributed by atoms with E-state index < -0.39 is 6.10 Å².